The van der Waals surface area contributed by atoms with E-state index >= 15 is 0 Å². The van der Waals surface area contributed by atoms with E-state index in [4.69, 9.17) is 11.6 Å². The summed E-state index contributed by atoms with van der Waals surface area (Å²) in [6.07, 6.45) is 7.19. The number of benzene rings is 1. The van der Waals surface area contributed by atoms with E-state index in [2.05, 4.69) is 10.5 Å². The number of nitrogens with one attached hydrogen (secondary N) is 1. The van der Waals surface area contributed by atoms with Gasteiger partial charge in [-0.1, -0.05) is 36.2 Å². The number of carbonyl (C=O) groups is 1. The van der Waals surface area contributed by atoms with Gasteiger partial charge in [0.1, 0.15) is 4.88 Å². The van der Waals surface area contributed by atoms with E-state index in [-0.39, 0.29) is 5.91 Å². The molecule has 3 nitrogen and oxygen atoms in total. The van der Waals surface area contributed by atoms with Gasteiger partial charge in [0.25, 0.3) is 5.91 Å². The number of halogens is 1. The number of carbonyl (C=O) groups excluding carboxylic acids is 1. The summed E-state index contributed by atoms with van der Waals surface area (Å²) in [5.74, 6) is 1.98. The lowest BCUT2D eigenvalue weighted by Crippen LogP contribution is -2.19. The summed E-state index contributed by atoms with van der Waals surface area (Å²) < 4.78 is 1.02. The van der Waals surface area contributed by atoms with Gasteiger partial charge in [0.05, 0.1) is 5.02 Å². The van der Waals surface area contributed by atoms with Gasteiger partial charge < -0.3 is 0 Å². The van der Waals surface area contributed by atoms with Crippen molar-refractivity contribution in [1.29, 1.82) is 0 Å². The molecule has 2 saturated carbocycles. The summed E-state index contributed by atoms with van der Waals surface area (Å²) in [6, 6.07) is 7.78. The van der Waals surface area contributed by atoms with E-state index in [1.807, 2.05) is 30.5 Å². The van der Waals surface area contributed by atoms with Gasteiger partial charge in [-0.2, -0.15) is 5.10 Å². The van der Waals surface area contributed by atoms with Crippen LogP contribution in [-0.2, 0) is 0 Å². The van der Waals surface area contributed by atoms with Gasteiger partial charge in [-0.05, 0) is 43.1 Å². The second-order valence-electron chi connectivity index (χ2n) is 6.30. The molecule has 4 rings (SSSR count). The average Bonchev–Trinajstić information content (AvgIpc) is 3.22. The molecule has 2 aliphatic carbocycles. The number of nitrogens with zero attached hydrogens (tertiary/aromatic N) is 1. The van der Waals surface area contributed by atoms with Crippen molar-refractivity contribution in [2.24, 2.45) is 22.9 Å². The molecule has 2 aromatic rings. The number of thiophene rings is 1. The van der Waals surface area contributed by atoms with Crippen LogP contribution in [0.25, 0.3) is 10.1 Å². The van der Waals surface area contributed by atoms with Crippen molar-refractivity contribution in [3.8, 4) is 0 Å². The SMILES string of the molecule is O=C(N/N=C\[C@H]1C[C@H]2CC[C@@H]1C2)c1sc2ccccc2c1Cl. The lowest BCUT2D eigenvalue weighted by atomic mass is 9.90. The Kier molecular flexibility index (Phi) is 3.66. The van der Waals surface area contributed by atoms with E-state index < -0.39 is 0 Å². The van der Waals surface area contributed by atoms with Crippen molar-refractivity contribution >= 4 is 45.1 Å². The minimum atomic E-state index is -0.217. The summed E-state index contributed by atoms with van der Waals surface area (Å²) in [5.41, 5.74) is 2.64. The number of amides is 1. The largest absolute Gasteiger partial charge is 0.282 e. The van der Waals surface area contributed by atoms with Crippen molar-refractivity contribution in [1.82, 2.24) is 5.43 Å². The molecule has 114 valence electrons. The highest BCUT2D eigenvalue weighted by Crippen LogP contribution is 2.47. The minimum Gasteiger partial charge on any atom is -0.266 e. The van der Waals surface area contributed by atoms with Crippen molar-refractivity contribution in [2.75, 3.05) is 0 Å². The number of hydrazone groups is 1. The van der Waals surface area contributed by atoms with Gasteiger partial charge in [0.2, 0.25) is 0 Å². The maximum absolute atomic E-state index is 12.3. The first-order chi connectivity index (χ1) is 10.7. The van der Waals surface area contributed by atoms with E-state index in [0.29, 0.717) is 15.8 Å². The molecule has 0 radical (unpaired) electrons. The molecule has 22 heavy (non-hydrogen) atoms. The van der Waals surface area contributed by atoms with E-state index in [9.17, 15) is 4.79 Å². The average molecular weight is 333 g/mol. The molecule has 3 atom stereocenters. The van der Waals surface area contributed by atoms with Gasteiger partial charge in [-0.15, -0.1) is 11.3 Å². The van der Waals surface area contributed by atoms with Crippen LogP contribution in [0.1, 0.15) is 35.4 Å². The van der Waals surface area contributed by atoms with Gasteiger partial charge in [0.15, 0.2) is 0 Å². The molecule has 0 spiro atoms. The maximum atomic E-state index is 12.3. The lowest BCUT2D eigenvalue weighted by molar-refractivity contribution is 0.0959. The molecule has 1 N–H and O–H groups in total. The fourth-order valence-electron chi connectivity index (χ4n) is 3.88. The quantitative estimate of drug-likeness (QED) is 0.642. The van der Waals surface area contributed by atoms with Crippen molar-refractivity contribution in [2.45, 2.75) is 25.7 Å². The minimum absolute atomic E-state index is 0.217. The van der Waals surface area contributed by atoms with Crippen LogP contribution < -0.4 is 5.43 Å². The fourth-order valence-corrected chi connectivity index (χ4v) is 5.29. The smallest absolute Gasteiger partial charge is 0.266 e. The zero-order valence-corrected chi connectivity index (χ0v) is 13.7. The summed E-state index contributed by atoms with van der Waals surface area (Å²) in [6.45, 7) is 0. The Bertz CT molecular complexity index is 754. The molecular weight excluding hydrogens is 316 g/mol. The van der Waals surface area contributed by atoms with E-state index in [1.165, 1.54) is 37.0 Å². The molecular formula is C17H17ClN2OS. The van der Waals surface area contributed by atoms with E-state index in [0.717, 1.165) is 21.9 Å². The topological polar surface area (TPSA) is 41.5 Å². The molecule has 0 saturated heterocycles. The zero-order valence-electron chi connectivity index (χ0n) is 12.1. The number of rotatable bonds is 3. The third-order valence-electron chi connectivity index (χ3n) is 4.97. The first kappa shape index (κ1) is 14.2. The first-order valence-electron chi connectivity index (χ1n) is 7.73. The highest BCUT2D eigenvalue weighted by molar-refractivity contribution is 7.21. The van der Waals surface area contributed by atoms with Crippen LogP contribution in [0.5, 0.6) is 0 Å². The van der Waals surface area contributed by atoms with Crippen molar-refractivity contribution < 1.29 is 4.79 Å². The van der Waals surface area contributed by atoms with Crippen LogP contribution in [0, 0.1) is 17.8 Å². The Morgan fingerprint density at radius 3 is 2.91 bits per heavy atom. The Morgan fingerprint density at radius 2 is 2.18 bits per heavy atom. The first-order valence-corrected chi connectivity index (χ1v) is 8.92. The second kappa shape index (κ2) is 5.67. The van der Waals surface area contributed by atoms with Gasteiger partial charge >= 0.3 is 0 Å². The summed E-state index contributed by atoms with van der Waals surface area (Å²) in [7, 11) is 0. The number of hydrogen-bond donors (Lipinski definition) is 1. The predicted octanol–water partition coefficient (Wildman–Crippen LogP) is 4.71. The van der Waals surface area contributed by atoms with Crippen LogP contribution in [0.15, 0.2) is 29.4 Å². The van der Waals surface area contributed by atoms with Crippen LogP contribution >= 0.6 is 22.9 Å². The molecule has 2 aliphatic rings. The number of fused-ring (bicyclic) bond motifs is 3. The predicted molar refractivity (Wildman–Crippen MR) is 91.7 cm³/mol. The molecule has 1 aromatic heterocycles. The van der Waals surface area contributed by atoms with Gasteiger partial charge in [-0.25, -0.2) is 5.43 Å². The van der Waals surface area contributed by atoms with Crippen molar-refractivity contribution in [3.63, 3.8) is 0 Å². The maximum Gasteiger partial charge on any atom is 0.282 e. The third-order valence-corrected chi connectivity index (χ3v) is 6.64. The zero-order chi connectivity index (χ0) is 15.1. The van der Waals surface area contributed by atoms with Crippen LogP contribution in [0.3, 0.4) is 0 Å². The van der Waals surface area contributed by atoms with Crippen LogP contribution in [0.4, 0.5) is 0 Å². The number of hydrogen-bond acceptors (Lipinski definition) is 3. The molecule has 5 heteroatoms. The molecule has 2 bridgehead atoms. The van der Waals surface area contributed by atoms with Crippen LogP contribution in [-0.4, -0.2) is 12.1 Å². The molecule has 0 aliphatic heterocycles. The lowest BCUT2D eigenvalue weighted by Gasteiger charge is -2.16. The standard InChI is InChI=1S/C17H17ClN2OS/c18-15-13-3-1-2-4-14(13)22-16(15)17(21)20-19-9-12-8-10-5-6-11(12)7-10/h1-4,9-12H,5-8H2,(H,20,21)/b19-9-/t10-,11+,12+/m0/s1. The van der Waals surface area contributed by atoms with E-state index in [1.54, 1.807) is 0 Å². The Morgan fingerprint density at radius 1 is 1.32 bits per heavy atom. The molecule has 1 heterocycles. The summed E-state index contributed by atoms with van der Waals surface area (Å²) in [4.78, 5) is 12.8. The monoisotopic (exact) mass is 332 g/mol. The fraction of sp³-hybridized carbons (Fsp3) is 0.412. The Hall–Kier alpha value is -1.39. The second-order valence-corrected chi connectivity index (χ2v) is 7.73. The van der Waals surface area contributed by atoms with Gasteiger partial charge in [-0.3, -0.25) is 4.79 Å². The normalized spacial score (nSPS) is 27.0. The summed E-state index contributed by atoms with van der Waals surface area (Å²) in [5, 5.41) is 5.63. The molecule has 1 amide bonds. The molecule has 1 aromatic carbocycles. The Balaban J connectivity index is 1.46. The van der Waals surface area contributed by atoms with Crippen LogP contribution in [0.2, 0.25) is 5.02 Å². The van der Waals surface area contributed by atoms with Crippen molar-refractivity contribution in [3.05, 3.63) is 34.2 Å². The van der Waals surface area contributed by atoms with Gasteiger partial charge in [0, 0.05) is 16.3 Å². The highest BCUT2D eigenvalue weighted by atomic mass is 35.5. The Labute approximate surface area is 138 Å². The molecule has 2 fully saturated rings. The third kappa shape index (κ3) is 2.44. The highest BCUT2D eigenvalue weighted by Gasteiger charge is 2.38. The summed E-state index contributed by atoms with van der Waals surface area (Å²) >= 11 is 7.72. The molecule has 0 unspecified atom stereocenters.